The number of hydrogen-bond donors (Lipinski definition) is 1. The van der Waals surface area contributed by atoms with Crippen molar-refractivity contribution < 1.29 is 24.1 Å². The molecular weight excluding hydrogens is 332 g/mol. The van der Waals surface area contributed by atoms with Gasteiger partial charge >= 0.3 is 5.97 Å². The van der Waals surface area contributed by atoms with Crippen molar-refractivity contribution in [2.24, 2.45) is 0 Å². The molecule has 0 aliphatic heterocycles. The van der Waals surface area contributed by atoms with Gasteiger partial charge in [0, 0.05) is 12.2 Å². The second-order valence-corrected chi connectivity index (χ2v) is 5.86. The first-order chi connectivity index (χ1) is 12.6. The number of esters is 1. The van der Waals surface area contributed by atoms with Crippen LogP contribution >= 0.6 is 0 Å². The maximum absolute atomic E-state index is 12.4. The number of ether oxygens (including phenoxy) is 3. The number of aliphatic hydroxyl groups excluding tert-OH is 1. The molecule has 0 bridgehead atoms. The Morgan fingerprint density at radius 1 is 1.12 bits per heavy atom. The molecule has 0 aliphatic rings. The molecule has 0 heterocycles. The molecule has 1 atom stereocenters. The van der Waals surface area contributed by atoms with Gasteiger partial charge in [-0.15, -0.1) is 0 Å². The van der Waals surface area contributed by atoms with Gasteiger partial charge in [-0.3, -0.25) is 0 Å². The summed E-state index contributed by atoms with van der Waals surface area (Å²) in [5.74, 6) is 0.0807. The number of carbonyl (C=O) groups excluding carboxylic acids is 1. The standard InChI is InChI=1S/C21H26O5/c1-4-17-13-18(25-14-16-9-7-6-8-10-16)11-12-19(17)21(15-22,26-5-2)20(23)24-3/h6-13,22H,4-5,14-15H2,1-3H3. The van der Waals surface area contributed by atoms with E-state index in [1.165, 1.54) is 7.11 Å². The number of carbonyl (C=O) groups is 1. The average Bonchev–Trinajstić information content (AvgIpc) is 2.70. The van der Waals surface area contributed by atoms with Gasteiger partial charge in [0.1, 0.15) is 12.4 Å². The summed E-state index contributed by atoms with van der Waals surface area (Å²) in [5.41, 5.74) is 1.02. The van der Waals surface area contributed by atoms with Crippen molar-refractivity contribution >= 4 is 5.97 Å². The Hall–Kier alpha value is -2.37. The highest BCUT2D eigenvalue weighted by Gasteiger charge is 2.43. The van der Waals surface area contributed by atoms with Gasteiger partial charge < -0.3 is 19.3 Å². The highest BCUT2D eigenvalue weighted by molar-refractivity contribution is 5.82. The molecule has 140 valence electrons. The van der Waals surface area contributed by atoms with E-state index in [0.717, 1.165) is 11.1 Å². The average molecular weight is 358 g/mol. The smallest absolute Gasteiger partial charge is 0.345 e. The van der Waals surface area contributed by atoms with E-state index >= 15 is 0 Å². The maximum Gasteiger partial charge on any atom is 0.345 e. The van der Waals surface area contributed by atoms with E-state index in [1.807, 2.05) is 43.3 Å². The molecule has 0 saturated heterocycles. The van der Waals surface area contributed by atoms with E-state index in [1.54, 1.807) is 19.1 Å². The lowest BCUT2D eigenvalue weighted by Crippen LogP contribution is -2.44. The largest absolute Gasteiger partial charge is 0.489 e. The lowest BCUT2D eigenvalue weighted by Gasteiger charge is -2.31. The van der Waals surface area contributed by atoms with E-state index in [9.17, 15) is 9.90 Å². The minimum atomic E-state index is -1.52. The van der Waals surface area contributed by atoms with Gasteiger partial charge in [-0.2, -0.15) is 0 Å². The number of hydrogen-bond acceptors (Lipinski definition) is 5. The number of rotatable bonds is 9. The fraction of sp³-hybridized carbons (Fsp3) is 0.381. The molecule has 1 unspecified atom stereocenters. The Bertz CT molecular complexity index is 714. The van der Waals surface area contributed by atoms with Crippen LogP contribution in [-0.4, -0.2) is 31.4 Å². The van der Waals surface area contributed by atoms with Crippen LogP contribution in [0, 0.1) is 0 Å². The Labute approximate surface area is 154 Å². The van der Waals surface area contributed by atoms with Crippen LogP contribution in [0.5, 0.6) is 5.75 Å². The molecule has 5 nitrogen and oxygen atoms in total. The van der Waals surface area contributed by atoms with Crippen molar-refractivity contribution in [3.05, 3.63) is 65.2 Å². The Morgan fingerprint density at radius 2 is 1.85 bits per heavy atom. The van der Waals surface area contributed by atoms with Crippen molar-refractivity contribution in [2.75, 3.05) is 20.3 Å². The maximum atomic E-state index is 12.4. The first kappa shape index (κ1) is 19.9. The van der Waals surface area contributed by atoms with Gasteiger partial charge in [0.25, 0.3) is 0 Å². The summed E-state index contributed by atoms with van der Waals surface area (Å²) in [6, 6.07) is 15.3. The second kappa shape index (κ2) is 9.36. The van der Waals surface area contributed by atoms with Gasteiger partial charge in [-0.1, -0.05) is 43.3 Å². The van der Waals surface area contributed by atoms with E-state index < -0.39 is 18.2 Å². The minimum absolute atomic E-state index is 0.269. The zero-order valence-electron chi connectivity index (χ0n) is 15.5. The third-order valence-corrected chi connectivity index (χ3v) is 4.27. The third kappa shape index (κ3) is 4.23. The van der Waals surface area contributed by atoms with E-state index in [-0.39, 0.29) is 6.61 Å². The van der Waals surface area contributed by atoms with Crippen LogP contribution in [0.2, 0.25) is 0 Å². The molecule has 0 fully saturated rings. The lowest BCUT2D eigenvalue weighted by molar-refractivity contribution is -0.177. The number of aliphatic hydroxyl groups is 1. The van der Waals surface area contributed by atoms with Crippen molar-refractivity contribution in [3.63, 3.8) is 0 Å². The minimum Gasteiger partial charge on any atom is -0.489 e. The Morgan fingerprint density at radius 3 is 2.42 bits per heavy atom. The molecule has 0 aromatic heterocycles. The molecule has 5 heteroatoms. The van der Waals surface area contributed by atoms with Gasteiger partial charge in [-0.25, -0.2) is 4.79 Å². The molecule has 1 N–H and O–H groups in total. The molecule has 0 saturated carbocycles. The van der Waals surface area contributed by atoms with Crippen molar-refractivity contribution in [3.8, 4) is 5.75 Å². The quantitative estimate of drug-likeness (QED) is 0.697. The predicted octanol–water partition coefficient (Wildman–Crippen LogP) is 3.23. The highest BCUT2D eigenvalue weighted by atomic mass is 16.6. The van der Waals surface area contributed by atoms with Crippen molar-refractivity contribution in [1.82, 2.24) is 0 Å². The fourth-order valence-electron chi connectivity index (χ4n) is 2.94. The summed E-state index contributed by atoms with van der Waals surface area (Å²) >= 11 is 0. The summed E-state index contributed by atoms with van der Waals surface area (Å²) in [6.45, 7) is 3.98. The number of aryl methyl sites for hydroxylation is 1. The monoisotopic (exact) mass is 358 g/mol. The molecule has 2 aromatic rings. The van der Waals surface area contributed by atoms with Crippen LogP contribution in [0.4, 0.5) is 0 Å². The molecular formula is C21H26O5. The lowest BCUT2D eigenvalue weighted by atomic mass is 9.88. The van der Waals surface area contributed by atoms with Crippen molar-refractivity contribution in [1.29, 1.82) is 0 Å². The zero-order valence-corrected chi connectivity index (χ0v) is 15.5. The molecule has 2 aromatic carbocycles. The van der Waals surface area contributed by atoms with Gasteiger partial charge in [0.15, 0.2) is 0 Å². The highest BCUT2D eigenvalue weighted by Crippen LogP contribution is 2.33. The van der Waals surface area contributed by atoms with Crippen LogP contribution in [0.3, 0.4) is 0 Å². The van der Waals surface area contributed by atoms with Crippen LogP contribution in [0.1, 0.15) is 30.5 Å². The Kier molecular flexibility index (Phi) is 7.18. The molecule has 2 rings (SSSR count). The van der Waals surface area contributed by atoms with Gasteiger partial charge in [0.05, 0.1) is 13.7 Å². The molecule has 0 aliphatic carbocycles. The summed E-state index contributed by atoms with van der Waals surface area (Å²) in [6.07, 6.45) is 0.656. The number of methoxy groups -OCH3 is 1. The first-order valence-electron chi connectivity index (χ1n) is 8.74. The third-order valence-electron chi connectivity index (χ3n) is 4.27. The van der Waals surface area contributed by atoms with E-state index in [0.29, 0.717) is 24.3 Å². The van der Waals surface area contributed by atoms with Crippen LogP contribution in [0.15, 0.2) is 48.5 Å². The molecule has 0 spiro atoms. The van der Waals surface area contributed by atoms with Crippen LogP contribution in [-0.2, 0) is 32.9 Å². The van der Waals surface area contributed by atoms with E-state index in [2.05, 4.69) is 0 Å². The second-order valence-electron chi connectivity index (χ2n) is 5.86. The first-order valence-corrected chi connectivity index (χ1v) is 8.74. The molecule has 26 heavy (non-hydrogen) atoms. The fourth-order valence-corrected chi connectivity index (χ4v) is 2.94. The normalized spacial score (nSPS) is 13.1. The van der Waals surface area contributed by atoms with Crippen molar-refractivity contribution in [2.45, 2.75) is 32.5 Å². The number of benzene rings is 2. The van der Waals surface area contributed by atoms with Crippen LogP contribution in [0.25, 0.3) is 0 Å². The summed E-state index contributed by atoms with van der Waals surface area (Å²) in [4.78, 5) is 12.4. The topological polar surface area (TPSA) is 65.0 Å². The zero-order chi connectivity index (χ0) is 19.0. The van der Waals surface area contributed by atoms with E-state index in [4.69, 9.17) is 14.2 Å². The van der Waals surface area contributed by atoms with Gasteiger partial charge in [-0.05, 0) is 36.6 Å². The SMILES string of the molecule is CCOC(CO)(C(=O)OC)c1ccc(OCc2ccccc2)cc1CC. The molecule has 0 radical (unpaired) electrons. The predicted molar refractivity (Wildman–Crippen MR) is 99.0 cm³/mol. The summed E-state index contributed by atoms with van der Waals surface area (Å²) < 4.78 is 16.4. The van der Waals surface area contributed by atoms with Gasteiger partial charge in [0.2, 0.25) is 5.60 Å². The molecule has 0 amide bonds. The Balaban J connectivity index is 2.32. The van der Waals surface area contributed by atoms with Crippen LogP contribution < -0.4 is 4.74 Å². The summed E-state index contributed by atoms with van der Waals surface area (Å²) in [5, 5.41) is 9.95. The summed E-state index contributed by atoms with van der Waals surface area (Å²) in [7, 11) is 1.29.